The van der Waals surface area contributed by atoms with Gasteiger partial charge in [-0.1, -0.05) is 17.3 Å². The van der Waals surface area contributed by atoms with Crippen molar-refractivity contribution in [1.82, 2.24) is 14.7 Å². The lowest BCUT2D eigenvalue weighted by Gasteiger charge is -2.10. The van der Waals surface area contributed by atoms with Gasteiger partial charge in [-0.25, -0.2) is 4.79 Å². The van der Waals surface area contributed by atoms with Gasteiger partial charge in [-0.3, -0.25) is 0 Å². The van der Waals surface area contributed by atoms with Crippen LogP contribution >= 0.6 is 0 Å². The molecule has 2 aromatic heterocycles. The predicted octanol–water partition coefficient (Wildman–Crippen LogP) is 3.45. The first-order valence-electron chi connectivity index (χ1n) is 7.68. The quantitative estimate of drug-likeness (QED) is 0.687. The number of benzene rings is 1. The molecular formula is C18H19N3O3. The van der Waals surface area contributed by atoms with Crippen molar-refractivity contribution in [3.8, 4) is 5.69 Å². The third kappa shape index (κ3) is 3.08. The molecular weight excluding hydrogens is 306 g/mol. The lowest BCUT2D eigenvalue weighted by molar-refractivity contribution is 0.0429. The number of esters is 1. The maximum atomic E-state index is 12.4. The van der Waals surface area contributed by atoms with Gasteiger partial charge in [0.25, 0.3) is 5.89 Å². The van der Waals surface area contributed by atoms with Crippen LogP contribution in [0.25, 0.3) is 5.69 Å². The number of rotatable bonds is 4. The van der Waals surface area contributed by atoms with Crippen LogP contribution in [-0.4, -0.2) is 20.7 Å². The number of nitrogens with zero attached hydrogens (tertiary/aromatic N) is 3. The van der Waals surface area contributed by atoms with Gasteiger partial charge in [0, 0.05) is 17.1 Å². The standard InChI is InChI=1S/C18H19N3O3/c1-11-6-5-7-15(8-11)21-12(2)9-16(13(21)3)18(22)23-10-17-19-14(4)20-24-17/h5-9H,10H2,1-4H3. The summed E-state index contributed by atoms with van der Waals surface area (Å²) in [6.45, 7) is 7.59. The average Bonchev–Trinajstić information content (AvgIpc) is 3.08. The normalized spacial score (nSPS) is 10.8. The van der Waals surface area contributed by atoms with Crippen molar-refractivity contribution in [2.45, 2.75) is 34.3 Å². The summed E-state index contributed by atoms with van der Waals surface area (Å²) in [5.41, 5.74) is 4.53. The van der Waals surface area contributed by atoms with Crippen LogP contribution < -0.4 is 0 Å². The smallest absolute Gasteiger partial charge is 0.340 e. The van der Waals surface area contributed by atoms with E-state index in [9.17, 15) is 4.79 Å². The summed E-state index contributed by atoms with van der Waals surface area (Å²) < 4.78 is 12.3. The summed E-state index contributed by atoms with van der Waals surface area (Å²) in [4.78, 5) is 16.4. The molecule has 0 amide bonds. The zero-order chi connectivity index (χ0) is 17.3. The summed E-state index contributed by atoms with van der Waals surface area (Å²) >= 11 is 0. The molecule has 24 heavy (non-hydrogen) atoms. The van der Waals surface area contributed by atoms with Crippen LogP contribution in [-0.2, 0) is 11.3 Å². The molecule has 0 saturated carbocycles. The lowest BCUT2D eigenvalue weighted by atomic mass is 10.2. The number of aromatic nitrogens is 3. The maximum Gasteiger partial charge on any atom is 0.340 e. The summed E-state index contributed by atoms with van der Waals surface area (Å²) in [6.07, 6.45) is 0. The van der Waals surface area contributed by atoms with Gasteiger partial charge >= 0.3 is 5.97 Å². The van der Waals surface area contributed by atoms with Gasteiger partial charge in [-0.05, 0) is 51.5 Å². The fourth-order valence-corrected chi connectivity index (χ4v) is 2.74. The molecule has 0 aliphatic heterocycles. The van der Waals surface area contributed by atoms with Gasteiger partial charge in [0.15, 0.2) is 12.4 Å². The molecule has 0 aliphatic carbocycles. The minimum Gasteiger partial charge on any atom is -0.452 e. The molecule has 0 aliphatic rings. The number of carbonyl (C=O) groups excluding carboxylic acids is 1. The van der Waals surface area contributed by atoms with E-state index in [1.807, 2.05) is 49.6 Å². The molecule has 0 fully saturated rings. The van der Waals surface area contributed by atoms with E-state index in [-0.39, 0.29) is 12.5 Å². The fourth-order valence-electron chi connectivity index (χ4n) is 2.74. The van der Waals surface area contributed by atoms with Gasteiger partial charge in [0.05, 0.1) is 5.56 Å². The number of hydrogen-bond acceptors (Lipinski definition) is 5. The Labute approximate surface area is 140 Å². The van der Waals surface area contributed by atoms with Gasteiger partial charge in [0.1, 0.15) is 0 Å². The average molecular weight is 325 g/mol. The SMILES string of the molecule is Cc1cccc(-n2c(C)cc(C(=O)OCc3nc(C)no3)c2C)c1. The molecule has 124 valence electrons. The van der Waals surface area contributed by atoms with Crippen molar-refractivity contribution >= 4 is 5.97 Å². The number of hydrogen-bond donors (Lipinski definition) is 0. The first-order valence-corrected chi connectivity index (χ1v) is 7.68. The predicted molar refractivity (Wildman–Crippen MR) is 88.1 cm³/mol. The van der Waals surface area contributed by atoms with E-state index in [0.29, 0.717) is 11.4 Å². The molecule has 3 rings (SSSR count). The minimum absolute atomic E-state index is 0.0339. The van der Waals surface area contributed by atoms with Crippen molar-refractivity contribution in [3.63, 3.8) is 0 Å². The largest absolute Gasteiger partial charge is 0.452 e. The third-order valence-electron chi connectivity index (χ3n) is 3.81. The summed E-state index contributed by atoms with van der Waals surface area (Å²) in [7, 11) is 0. The van der Waals surface area contributed by atoms with Crippen molar-refractivity contribution in [2.24, 2.45) is 0 Å². The second-order valence-corrected chi connectivity index (χ2v) is 5.77. The van der Waals surface area contributed by atoms with E-state index in [1.165, 1.54) is 0 Å². The van der Waals surface area contributed by atoms with E-state index in [0.717, 1.165) is 22.6 Å². The van der Waals surface area contributed by atoms with Gasteiger partial charge < -0.3 is 13.8 Å². The van der Waals surface area contributed by atoms with E-state index in [1.54, 1.807) is 6.92 Å². The molecule has 0 bridgehead atoms. The second-order valence-electron chi connectivity index (χ2n) is 5.77. The molecule has 0 N–H and O–H groups in total. The van der Waals surface area contributed by atoms with Crippen molar-refractivity contribution in [2.75, 3.05) is 0 Å². The Morgan fingerprint density at radius 1 is 1.21 bits per heavy atom. The number of ether oxygens (including phenoxy) is 1. The van der Waals surface area contributed by atoms with E-state index >= 15 is 0 Å². The minimum atomic E-state index is -0.405. The van der Waals surface area contributed by atoms with E-state index < -0.39 is 5.97 Å². The van der Waals surface area contributed by atoms with Crippen LogP contribution in [0.5, 0.6) is 0 Å². The van der Waals surface area contributed by atoms with Crippen molar-refractivity contribution in [3.05, 3.63) is 64.6 Å². The van der Waals surface area contributed by atoms with Crippen LogP contribution in [0.4, 0.5) is 0 Å². The van der Waals surface area contributed by atoms with Crippen LogP contribution in [0.3, 0.4) is 0 Å². The lowest BCUT2D eigenvalue weighted by Crippen LogP contribution is -2.07. The Morgan fingerprint density at radius 2 is 2.00 bits per heavy atom. The Hall–Kier alpha value is -2.89. The Balaban J connectivity index is 1.84. The van der Waals surface area contributed by atoms with Crippen LogP contribution in [0.2, 0.25) is 0 Å². The Kier molecular flexibility index (Phi) is 4.20. The highest BCUT2D eigenvalue weighted by Gasteiger charge is 2.19. The first kappa shape index (κ1) is 16.0. The molecule has 0 spiro atoms. The van der Waals surface area contributed by atoms with Gasteiger partial charge in [0.2, 0.25) is 0 Å². The maximum absolute atomic E-state index is 12.4. The first-order chi connectivity index (χ1) is 11.5. The molecule has 2 heterocycles. The van der Waals surface area contributed by atoms with Crippen LogP contribution in [0.1, 0.15) is 39.0 Å². The summed E-state index contributed by atoms with van der Waals surface area (Å²) in [5, 5.41) is 3.67. The molecule has 0 saturated heterocycles. The topological polar surface area (TPSA) is 70.2 Å². The highest BCUT2D eigenvalue weighted by molar-refractivity contribution is 5.91. The van der Waals surface area contributed by atoms with E-state index in [2.05, 4.69) is 16.2 Å². The molecule has 0 radical (unpaired) electrons. The summed E-state index contributed by atoms with van der Waals surface area (Å²) in [5.74, 6) is 0.393. The van der Waals surface area contributed by atoms with Gasteiger partial charge in [-0.15, -0.1) is 0 Å². The number of carbonyl (C=O) groups is 1. The zero-order valence-corrected chi connectivity index (χ0v) is 14.2. The zero-order valence-electron chi connectivity index (χ0n) is 14.2. The molecule has 6 heteroatoms. The highest BCUT2D eigenvalue weighted by Crippen LogP contribution is 2.22. The van der Waals surface area contributed by atoms with Crippen LogP contribution in [0.15, 0.2) is 34.9 Å². The van der Waals surface area contributed by atoms with Crippen LogP contribution in [0, 0.1) is 27.7 Å². The van der Waals surface area contributed by atoms with Crippen molar-refractivity contribution < 1.29 is 14.1 Å². The Morgan fingerprint density at radius 3 is 2.67 bits per heavy atom. The van der Waals surface area contributed by atoms with Gasteiger partial charge in [-0.2, -0.15) is 4.98 Å². The molecule has 1 aromatic carbocycles. The molecule has 6 nitrogen and oxygen atoms in total. The third-order valence-corrected chi connectivity index (χ3v) is 3.81. The highest BCUT2D eigenvalue weighted by atomic mass is 16.6. The fraction of sp³-hybridized carbons (Fsp3) is 0.278. The monoisotopic (exact) mass is 325 g/mol. The second kappa shape index (κ2) is 6.31. The van der Waals surface area contributed by atoms with E-state index in [4.69, 9.17) is 9.26 Å². The molecule has 3 aromatic rings. The summed E-state index contributed by atoms with van der Waals surface area (Å²) in [6, 6.07) is 9.97. The molecule has 0 unspecified atom stereocenters. The Bertz CT molecular complexity index is 893. The molecule has 0 atom stereocenters. The number of aryl methyl sites for hydroxylation is 3. The van der Waals surface area contributed by atoms with Crippen molar-refractivity contribution in [1.29, 1.82) is 0 Å².